The normalized spacial score (nSPS) is 25.1. The molecule has 2 aromatic rings. The van der Waals surface area contributed by atoms with Crippen LogP contribution in [0.1, 0.15) is 49.0 Å². The highest BCUT2D eigenvalue weighted by Gasteiger charge is 2.49. The van der Waals surface area contributed by atoms with E-state index in [1.54, 1.807) is 13.0 Å². The fourth-order valence-electron chi connectivity index (χ4n) is 3.81. The van der Waals surface area contributed by atoms with E-state index in [0.29, 0.717) is 24.5 Å². The third-order valence-corrected chi connectivity index (χ3v) is 6.24. The molecule has 0 bridgehead atoms. The second-order valence-corrected chi connectivity index (χ2v) is 13.3. The van der Waals surface area contributed by atoms with Crippen LogP contribution in [0, 0.1) is 24.1 Å². The molecule has 0 unspecified atom stereocenters. The molecule has 5 nitrogen and oxygen atoms in total. The second-order valence-electron chi connectivity index (χ2n) is 8.83. The summed E-state index contributed by atoms with van der Waals surface area (Å²) < 4.78 is 21.8. The predicted octanol–water partition coefficient (Wildman–Crippen LogP) is 4.72. The first-order valence-corrected chi connectivity index (χ1v) is 12.9. The summed E-state index contributed by atoms with van der Waals surface area (Å²) in [6, 6.07) is 5.75. The first-order chi connectivity index (χ1) is 12.7. The highest BCUT2D eigenvalue weighted by atomic mass is 28.4. The smallest absolute Gasteiger partial charge is 0.185 e. The molecule has 142 valence electrons. The number of aromatic nitrogens is 3. The predicted molar refractivity (Wildman–Crippen MR) is 103 cm³/mol. The zero-order chi connectivity index (χ0) is 19.4. The van der Waals surface area contributed by atoms with Crippen LogP contribution in [-0.4, -0.2) is 28.7 Å². The van der Waals surface area contributed by atoms with E-state index in [-0.39, 0.29) is 11.9 Å². The van der Waals surface area contributed by atoms with Gasteiger partial charge in [0.05, 0.1) is 29.2 Å². The van der Waals surface area contributed by atoms with E-state index in [9.17, 15) is 9.65 Å². The summed E-state index contributed by atoms with van der Waals surface area (Å²) in [5.74, 6) is 0.174. The van der Waals surface area contributed by atoms with Crippen LogP contribution in [0.2, 0.25) is 19.6 Å². The van der Waals surface area contributed by atoms with Crippen LogP contribution >= 0.6 is 0 Å². The number of hydrogen-bond acceptors (Lipinski definition) is 4. The Labute approximate surface area is 160 Å². The van der Waals surface area contributed by atoms with Crippen molar-refractivity contribution >= 4 is 8.32 Å². The summed E-state index contributed by atoms with van der Waals surface area (Å²) in [7, 11) is -1.79. The number of rotatable bonds is 5. The average Bonchev–Trinajstić information content (AvgIpc) is 3.31. The van der Waals surface area contributed by atoms with Gasteiger partial charge in [0.1, 0.15) is 11.4 Å². The fourth-order valence-corrected chi connectivity index (χ4v) is 5.20. The van der Waals surface area contributed by atoms with Crippen molar-refractivity contribution in [2.24, 2.45) is 0 Å². The molecule has 7 heteroatoms. The Kier molecular flexibility index (Phi) is 4.24. The zero-order valence-corrected chi connectivity index (χ0v) is 17.3. The van der Waals surface area contributed by atoms with Crippen molar-refractivity contribution < 1.29 is 8.82 Å². The topological polar surface area (TPSA) is 63.7 Å². The van der Waals surface area contributed by atoms with Crippen molar-refractivity contribution in [1.29, 1.82) is 5.26 Å². The minimum absolute atomic E-state index is 0.161. The number of nitrogens with zero attached hydrogens (tertiary/aromatic N) is 4. The maximum Gasteiger partial charge on any atom is 0.185 e. The van der Waals surface area contributed by atoms with Gasteiger partial charge in [-0.25, -0.2) is 9.37 Å². The molecule has 2 aliphatic carbocycles. The lowest BCUT2D eigenvalue weighted by molar-refractivity contribution is -0.00571. The van der Waals surface area contributed by atoms with E-state index >= 15 is 0 Å². The molecule has 2 heterocycles. The van der Waals surface area contributed by atoms with Gasteiger partial charge in [-0.2, -0.15) is 10.4 Å². The Morgan fingerprint density at radius 3 is 2.56 bits per heavy atom. The van der Waals surface area contributed by atoms with Gasteiger partial charge >= 0.3 is 0 Å². The van der Waals surface area contributed by atoms with E-state index in [2.05, 4.69) is 30.7 Å². The minimum atomic E-state index is -1.79. The molecule has 2 aliphatic rings. The van der Waals surface area contributed by atoms with Crippen molar-refractivity contribution in [3.63, 3.8) is 0 Å². The molecule has 27 heavy (non-hydrogen) atoms. The van der Waals surface area contributed by atoms with Gasteiger partial charge in [0.15, 0.2) is 8.32 Å². The Hall–Kier alpha value is -2.04. The van der Waals surface area contributed by atoms with Crippen LogP contribution in [0.4, 0.5) is 4.39 Å². The van der Waals surface area contributed by atoms with Crippen LogP contribution in [0.25, 0.3) is 11.3 Å². The monoisotopic (exact) mass is 384 g/mol. The van der Waals surface area contributed by atoms with Gasteiger partial charge in [0, 0.05) is 30.5 Å². The summed E-state index contributed by atoms with van der Waals surface area (Å²) in [5.41, 5.74) is 2.53. The van der Waals surface area contributed by atoms with Gasteiger partial charge in [0.25, 0.3) is 0 Å². The van der Waals surface area contributed by atoms with Crippen molar-refractivity contribution in [3.05, 3.63) is 35.5 Å². The molecule has 0 aromatic carbocycles. The summed E-state index contributed by atoms with van der Waals surface area (Å²) in [6.45, 7) is 8.01. The maximum absolute atomic E-state index is 13.6. The van der Waals surface area contributed by atoms with Crippen LogP contribution in [0.3, 0.4) is 0 Å². The number of pyridine rings is 1. The first-order valence-electron chi connectivity index (χ1n) is 9.54. The van der Waals surface area contributed by atoms with Crippen molar-refractivity contribution in [2.45, 2.75) is 69.8 Å². The molecular weight excluding hydrogens is 359 g/mol. The fraction of sp³-hybridized carbons (Fsp3) is 0.550. The number of aryl methyl sites for hydroxylation is 1. The van der Waals surface area contributed by atoms with Crippen molar-refractivity contribution in [1.82, 2.24) is 14.8 Å². The highest BCUT2D eigenvalue weighted by Crippen LogP contribution is 2.48. The molecule has 2 saturated carbocycles. The second kappa shape index (κ2) is 6.25. The largest absolute Gasteiger partial charge is 0.400 e. The summed E-state index contributed by atoms with van der Waals surface area (Å²) in [6.07, 6.45) is 5.61. The zero-order valence-electron chi connectivity index (χ0n) is 16.3. The average molecular weight is 385 g/mol. The van der Waals surface area contributed by atoms with Gasteiger partial charge in [0.2, 0.25) is 0 Å². The van der Waals surface area contributed by atoms with E-state index in [1.807, 2.05) is 10.9 Å². The Morgan fingerprint density at radius 2 is 2.00 bits per heavy atom. The van der Waals surface area contributed by atoms with Crippen LogP contribution in [-0.2, 0) is 4.43 Å². The Balaban J connectivity index is 1.61. The highest BCUT2D eigenvalue weighted by molar-refractivity contribution is 6.69. The van der Waals surface area contributed by atoms with Crippen molar-refractivity contribution in [3.8, 4) is 17.3 Å². The van der Waals surface area contributed by atoms with Crippen LogP contribution in [0.15, 0.2) is 18.3 Å². The summed E-state index contributed by atoms with van der Waals surface area (Å²) in [4.78, 5) is 4.42. The quantitative estimate of drug-likeness (QED) is 0.700. The third kappa shape index (κ3) is 3.56. The molecular formula is C20H25FN4OSi. The first kappa shape index (κ1) is 18.3. The molecule has 0 radical (unpaired) electrons. The molecule has 0 spiro atoms. The van der Waals surface area contributed by atoms with E-state index in [1.165, 1.54) is 6.07 Å². The molecule has 0 aliphatic heterocycles. The van der Waals surface area contributed by atoms with Gasteiger partial charge < -0.3 is 4.43 Å². The van der Waals surface area contributed by atoms with Crippen LogP contribution in [0.5, 0.6) is 0 Å². The molecule has 0 saturated heterocycles. The Morgan fingerprint density at radius 1 is 1.30 bits per heavy atom. The lowest BCUT2D eigenvalue weighted by Gasteiger charge is -2.45. The van der Waals surface area contributed by atoms with Gasteiger partial charge in [-0.15, -0.1) is 0 Å². The standard InChI is InChI=1S/C20H25FN4OSi/c1-13-17(21)7-8-18(23-13)16-11-25(24-19(16)14-5-6-14)15-9-20(10-15,12-22)26-27(2,3)4/h7-8,11,14-15H,5-6,9-10H2,1-4H3. The number of halogens is 1. The van der Waals surface area contributed by atoms with Gasteiger partial charge in [-0.3, -0.25) is 4.68 Å². The molecule has 2 aromatic heterocycles. The minimum Gasteiger partial charge on any atom is -0.400 e. The van der Waals surface area contributed by atoms with E-state index < -0.39 is 13.9 Å². The number of nitriles is 1. The lowest BCUT2D eigenvalue weighted by atomic mass is 9.77. The van der Waals surface area contributed by atoms with Crippen LogP contribution < -0.4 is 0 Å². The third-order valence-electron chi connectivity index (χ3n) is 5.23. The molecule has 0 N–H and O–H groups in total. The Bertz CT molecular complexity index is 917. The summed E-state index contributed by atoms with van der Waals surface area (Å²) >= 11 is 0. The van der Waals surface area contributed by atoms with Gasteiger partial charge in [-0.1, -0.05) is 0 Å². The molecule has 0 amide bonds. The lowest BCUT2D eigenvalue weighted by Crippen LogP contribution is -2.51. The van der Waals surface area contributed by atoms with E-state index in [0.717, 1.165) is 29.8 Å². The SMILES string of the molecule is Cc1nc(-c2cn(C3CC(C#N)(O[Si](C)(C)C)C3)nc2C2CC2)ccc1F. The number of hydrogen-bond donors (Lipinski definition) is 0. The molecule has 4 rings (SSSR count). The molecule has 0 atom stereocenters. The van der Waals surface area contributed by atoms with E-state index in [4.69, 9.17) is 9.52 Å². The summed E-state index contributed by atoms with van der Waals surface area (Å²) in [5, 5.41) is 14.5. The maximum atomic E-state index is 13.6. The van der Waals surface area contributed by atoms with Crippen molar-refractivity contribution in [2.75, 3.05) is 0 Å². The van der Waals surface area contributed by atoms with Gasteiger partial charge in [-0.05, 0) is 51.5 Å². The molecule has 2 fully saturated rings.